The van der Waals surface area contributed by atoms with Crippen LogP contribution in [0.2, 0.25) is 0 Å². The number of halogens is 3. The van der Waals surface area contributed by atoms with Gasteiger partial charge in [-0.3, -0.25) is 0 Å². The van der Waals surface area contributed by atoms with Crippen molar-refractivity contribution in [1.82, 2.24) is 4.31 Å². The molecule has 1 aliphatic heterocycles. The lowest BCUT2D eigenvalue weighted by Crippen LogP contribution is -2.70. The van der Waals surface area contributed by atoms with E-state index in [1.54, 1.807) is 12.3 Å². The normalized spacial score (nSPS) is 32.0. The van der Waals surface area contributed by atoms with Crippen molar-refractivity contribution in [3.05, 3.63) is 24.2 Å². The molecule has 1 aromatic carbocycles. The molecule has 34 heavy (non-hydrogen) atoms. The lowest BCUT2D eigenvalue weighted by Gasteiger charge is -2.67. The van der Waals surface area contributed by atoms with Gasteiger partial charge in [-0.05, 0) is 43.4 Å². The lowest BCUT2D eigenvalue weighted by atomic mass is 9.49. The monoisotopic (exact) mass is 518 g/mol. The molecule has 1 N–H and O–H groups in total. The zero-order valence-corrected chi connectivity index (χ0v) is 20.3. The minimum atomic E-state index is -4.10. The lowest BCUT2D eigenvalue weighted by molar-refractivity contribution is -0.134. The standard InChI is InChI=1S/C22H25F3N2O5S2/c1-26-16(13-8-22(24,25)9-13)10-27(21-5-12(6-21)7-21)15-3-18(33-2)17(4-19(15)34(26,30)31)32-11-14(23)20(28)29/h3-4,11-13,16H,5-10H2,1-2H3,(H,28,29)/b14-11-/t12?,16-,21?/m1/s1. The Labute approximate surface area is 200 Å². The van der Waals surface area contributed by atoms with E-state index >= 15 is 0 Å². The van der Waals surface area contributed by atoms with Crippen molar-refractivity contribution in [2.24, 2.45) is 11.8 Å². The van der Waals surface area contributed by atoms with Gasteiger partial charge >= 0.3 is 5.97 Å². The van der Waals surface area contributed by atoms with E-state index in [1.165, 1.54) is 29.2 Å². The molecule has 4 fully saturated rings. The second-order valence-corrected chi connectivity index (χ2v) is 12.6. The largest absolute Gasteiger partial charge is 0.476 e. The van der Waals surface area contributed by atoms with E-state index in [1.807, 2.05) is 0 Å². The third-order valence-electron chi connectivity index (χ3n) is 7.77. The number of benzene rings is 1. The number of hydrogen-bond donors (Lipinski definition) is 1. The molecule has 0 spiro atoms. The topological polar surface area (TPSA) is 87.1 Å². The van der Waals surface area contributed by atoms with Crippen molar-refractivity contribution < 1.29 is 36.2 Å². The van der Waals surface area contributed by atoms with E-state index in [0.717, 1.165) is 19.3 Å². The maximum absolute atomic E-state index is 13.7. The molecule has 0 radical (unpaired) electrons. The Balaban J connectivity index is 1.61. The number of thioether (sulfide) groups is 1. The molecule has 4 aliphatic carbocycles. The third-order valence-corrected chi connectivity index (χ3v) is 10.4. The number of rotatable bonds is 6. The Morgan fingerprint density at radius 1 is 1.24 bits per heavy atom. The van der Waals surface area contributed by atoms with Crippen LogP contribution in [0.3, 0.4) is 0 Å². The summed E-state index contributed by atoms with van der Waals surface area (Å²) in [7, 11) is -2.69. The molecule has 1 atom stereocenters. The van der Waals surface area contributed by atoms with Crippen LogP contribution in [0.25, 0.3) is 0 Å². The summed E-state index contributed by atoms with van der Waals surface area (Å²) in [5.41, 5.74) is 0.302. The summed E-state index contributed by atoms with van der Waals surface area (Å²) >= 11 is 1.25. The highest BCUT2D eigenvalue weighted by atomic mass is 32.2. The summed E-state index contributed by atoms with van der Waals surface area (Å²) in [5, 5.41) is 8.75. The second kappa shape index (κ2) is 7.79. The first-order valence-corrected chi connectivity index (χ1v) is 13.6. The second-order valence-electron chi connectivity index (χ2n) is 9.79. The molecule has 0 aromatic heterocycles. The minimum Gasteiger partial charge on any atom is -0.476 e. The zero-order chi connectivity index (χ0) is 24.6. The van der Waals surface area contributed by atoms with Gasteiger partial charge in [0, 0.05) is 44.1 Å². The van der Waals surface area contributed by atoms with Gasteiger partial charge in [-0.1, -0.05) is 0 Å². The quantitative estimate of drug-likeness (QED) is 0.345. The number of anilines is 1. The van der Waals surface area contributed by atoms with Crippen LogP contribution in [0, 0.1) is 11.8 Å². The number of likely N-dealkylation sites (N-methyl/N-ethyl adjacent to an activating group) is 1. The maximum atomic E-state index is 13.7. The molecule has 2 bridgehead atoms. The van der Waals surface area contributed by atoms with Gasteiger partial charge in [-0.25, -0.2) is 22.0 Å². The molecule has 1 aromatic rings. The van der Waals surface area contributed by atoms with E-state index in [4.69, 9.17) is 9.84 Å². The van der Waals surface area contributed by atoms with Crippen LogP contribution in [-0.4, -0.2) is 61.2 Å². The van der Waals surface area contributed by atoms with Crippen molar-refractivity contribution in [3.8, 4) is 5.75 Å². The molecule has 4 saturated carbocycles. The number of hydrogen-bond acceptors (Lipinski definition) is 6. The van der Waals surface area contributed by atoms with Gasteiger partial charge in [0.05, 0.1) is 10.6 Å². The first-order chi connectivity index (χ1) is 15.9. The highest BCUT2D eigenvalue weighted by molar-refractivity contribution is 7.98. The summed E-state index contributed by atoms with van der Waals surface area (Å²) in [4.78, 5) is 13.3. The summed E-state index contributed by atoms with van der Waals surface area (Å²) < 4.78 is 74.8. The fourth-order valence-corrected chi connectivity index (χ4v) is 7.87. The van der Waals surface area contributed by atoms with Crippen molar-refractivity contribution in [2.75, 3.05) is 24.7 Å². The molecule has 0 amide bonds. The van der Waals surface area contributed by atoms with Crippen molar-refractivity contribution in [1.29, 1.82) is 0 Å². The Bertz CT molecular complexity index is 1160. The van der Waals surface area contributed by atoms with Gasteiger partial charge in [0.15, 0.2) is 0 Å². The summed E-state index contributed by atoms with van der Waals surface area (Å²) in [6.45, 7) is 0.317. The Hall–Kier alpha value is -1.92. The predicted octanol–water partition coefficient (Wildman–Crippen LogP) is 4.09. The van der Waals surface area contributed by atoms with Crippen LogP contribution in [-0.2, 0) is 14.8 Å². The van der Waals surface area contributed by atoms with E-state index < -0.39 is 39.7 Å². The molecular formula is C22H25F3N2O5S2. The molecule has 0 unspecified atom stereocenters. The van der Waals surface area contributed by atoms with Crippen molar-refractivity contribution in [2.45, 2.75) is 59.4 Å². The van der Waals surface area contributed by atoms with E-state index in [-0.39, 0.29) is 29.0 Å². The van der Waals surface area contributed by atoms with Gasteiger partial charge < -0.3 is 14.7 Å². The summed E-state index contributed by atoms with van der Waals surface area (Å²) in [6, 6.07) is 2.35. The van der Waals surface area contributed by atoms with Gasteiger partial charge in [0.25, 0.3) is 0 Å². The number of carbonyl (C=O) groups is 1. The number of alkyl halides is 2. The SMILES string of the molecule is CSc1cc2c(cc1O/C=C(\F)C(=O)O)S(=O)(=O)N(C)[C@@H](C1CC(F)(F)C1)CN2C12CC(C1)C2. The molecule has 7 nitrogen and oxygen atoms in total. The minimum absolute atomic E-state index is 0.00537. The summed E-state index contributed by atoms with van der Waals surface area (Å²) in [6.07, 6.45) is 4.28. The average molecular weight is 519 g/mol. The smallest absolute Gasteiger partial charge is 0.368 e. The first kappa shape index (κ1) is 23.8. The van der Waals surface area contributed by atoms with Gasteiger partial charge in [0.2, 0.25) is 21.8 Å². The third kappa shape index (κ3) is 3.60. The molecule has 12 heteroatoms. The van der Waals surface area contributed by atoms with Crippen molar-refractivity contribution >= 4 is 33.4 Å². The molecule has 1 heterocycles. The molecule has 5 aliphatic rings. The number of aliphatic carboxylic acids is 1. The number of ether oxygens (including phenoxy) is 1. The number of fused-ring (bicyclic) bond motifs is 1. The van der Waals surface area contributed by atoms with E-state index in [2.05, 4.69) is 4.90 Å². The zero-order valence-electron chi connectivity index (χ0n) is 18.6. The van der Waals surface area contributed by atoms with Crippen LogP contribution in [0.4, 0.5) is 18.9 Å². The first-order valence-electron chi connectivity index (χ1n) is 11.0. The number of carboxylic acid groups (broad SMARTS) is 1. The molecular weight excluding hydrogens is 493 g/mol. The van der Waals surface area contributed by atoms with Crippen LogP contribution >= 0.6 is 11.8 Å². The van der Waals surface area contributed by atoms with Crippen LogP contribution < -0.4 is 9.64 Å². The highest BCUT2D eigenvalue weighted by Gasteiger charge is 2.62. The number of sulfonamides is 1. The van der Waals surface area contributed by atoms with E-state index in [9.17, 15) is 26.4 Å². The van der Waals surface area contributed by atoms with Gasteiger partial charge in [-0.15, -0.1) is 11.8 Å². The fraction of sp³-hybridized carbons (Fsp3) is 0.591. The van der Waals surface area contributed by atoms with Crippen LogP contribution in [0.15, 0.2) is 34.0 Å². The Kier molecular flexibility index (Phi) is 5.45. The summed E-state index contributed by atoms with van der Waals surface area (Å²) in [5.74, 6) is -5.94. The predicted molar refractivity (Wildman–Crippen MR) is 120 cm³/mol. The van der Waals surface area contributed by atoms with Crippen molar-refractivity contribution in [3.63, 3.8) is 0 Å². The van der Waals surface area contributed by atoms with E-state index in [0.29, 0.717) is 29.3 Å². The van der Waals surface area contributed by atoms with Gasteiger partial charge in [-0.2, -0.15) is 8.70 Å². The average Bonchev–Trinajstić information content (AvgIpc) is 2.76. The van der Waals surface area contributed by atoms with Crippen LogP contribution in [0.5, 0.6) is 5.75 Å². The highest BCUT2D eigenvalue weighted by Crippen LogP contribution is 2.63. The maximum Gasteiger partial charge on any atom is 0.368 e. The number of carboxylic acids is 1. The fourth-order valence-electron chi connectivity index (χ4n) is 5.74. The van der Waals surface area contributed by atoms with Crippen LogP contribution in [0.1, 0.15) is 32.1 Å². The molecule has 186 valence electrons. The Morgan fingerprint density at radius 2 is 1.88 bits per heavy atom. The molecule has 6 rings (SSSR count). The Morgan fingerprint density at radius 3 is 2.38 bits per heavy atom. The van der Waals surface area contributed by atoms with Gasteiger partial charge in [0.1, 0.15) is 16.9 Å². The molecule has 0 saturated heterocycles. The number of nitrogens with zero attached hydrogens (tertiary/aromatic N) is 2.